The van der Waals surface area contributed by atoms with Crippen LogP contribution in [-0.4, -0.2) is 17.6 Å². The molecule has 116 valence electrons. The SMILES string of the molecule is CCC(=O)Nc1cc(CC(=S)OCC(C)C)c(F)cc1F. The number of ether oxygens (including phenoxy) is 1. The van der Waals surface area contributed by atoms with E-state index in [0.717, 1.165) is 6.07 Å². The van der Waals surface area contributed by atoms with E-state index in [4.69, 9.17) is 17.0 Å². The summed E-state index contributed by atoms with van der Waals surface area (Å²) in [6, 6.07) is 1.99. The fourth-order valence-electron chi connectivity index (χ4n) is 1.53. The third kappa shape index (κ3) is 5.75. The third-order valence-electron chi connectivity index (χ3n) is 2.64. The molecule has 0 aromatic heterocycles. The van der Waals surface area contributed by atoms with Crippen molar-refractivity contribution in [3.8, 4) is 0 Å². The van der Waals surface area contributed by atoms with Crippen molar-refractivity contribution in [1.82, 2.24) is 0 Å². The molecule has 1 amide bonds. The molecule has 0 spiro atoms. The molecule has 21 heavy (non-hydrogen) atoms. The lowest BCUT2D eigenvalue weighted by Gasteiger charge is -2.12. The van der Waals surface area contributed by atoms with E-state index in [-0.39, 0.29) is 35.1 Å². The van der Waals surface area contributed by atoms with Gasteiger partial charge < -0.3 is 10.1 Å². The summed E-state index contributed by atoms with van der Waals surface area (Å²) in [5.41, 5.74) is 0.140. The average Bonchev–Trinajstić information content (AvgIpc) is 2.41. The molecule has 3 nitrogen and oxygen atoms in total. The summed E-state index contributed by atoms with van der Waals surface area (Å²) in [4.78, 5) is 11.3. The molecule has 1 aromatic carbocycles. The molecule has 0 fully saturated rings. The molecule has 0 saturated heterocycles. The Hall–Kier alpha value is -1.56. The molecular formula is C15H19F2NO2S. The summed E-state index contributed by atoms with van der Waals surface area (Å²) in [5.74, 6) is -1.56. The Kier molecular flexibility index (Phi) is 6.68. The minimum atomic E-state index is -0.813. The number of hydrogen-bond acceptors (Lipinski definition) is 3. The predicted molar refractivity (Wildman–Crippen MR) is 82.4 cm³/mol. The van der Waals surface area contributed by atoms with E-state index in [1.165, 1.54) is 6.07 Å². The molecule has 0 aliphatic rings. The largest absolute Gasteiger partial charge is 0.486 e. The monoisotopic (exact) mass is 315 g/mol. The van der Waals surface area contributed by atoms with Crippen LogP contribution in [0.3, 0.4) is 0 Å². The highest BCUT2D eigenvalue weighted by Gasteiger charge is 2.13. The molecule has 1 aromatic rings. The number of carbonyl (C=O) groups excluding carboxylic acids is 1. The summed E-state index contributed by atoms with van der Waals surface area (Å²) >= 11 is 5.03. The molecule has 1 rings (SSSR count). The Balaban J connectivity index is 2.84. The molecule has 0 saturated carbocycles. The lowest BCUT2D eigenvalue weighted by Crippen LogP contribution is -2.14. The molecule has 6 heteroatoms. The van der Waals surface area contributed by atoms with Gasteiger partial charge in [0.2, 0.25) is 5.91 Å². The van der Waals surface area contributed by atoms with Gasteiger partial charge in [-0.2, -0.15) is 0 Å². The maximum Gasteiger partial charge on any atom is 0.224 e. The fourth-order valence-corrected chi connectivity index (χ4v) is 1.75. The van der Waals surface area contributed by atoms with E-state index in [0.29, 0.717) is 12.5 Å². The van der Waals surface area contributed by atoms with Gasteiger partial charge in [-0.15, -0.1) is 0 Å². The molecule has 0 heterocycles. The molecule has 0 bridgehead atoms. The van der Waals surface area contributed by atoms with Crippen LogP contribution in [0.4, 0.5) is 14.5 Å². The smallest absolute Gasteiger partial charge is 0.224 e. The quantitative estimate of drug-likeness (QED) is 0.810. The van der Waals surface area contributed by atoms with Crippen molar-refractivity contribution in [2.45, 2.75) is 33.6 Å². The van der Waals surface area contributed by atoms with Crippen LogP contribution in [0.5, 0.6) is 0 Å². The molecular weight excluding hydrogens is 296 g/mol. The van der Waals surface area contributed by atoms with E-state index in [2.05, 4.69) is 5.32 Å². The Morgan fingerprint density at radius 2 is 2.00 bits per heavy atom. The number of halogens is 2. The number of anilines is 1. The first kappa shape index (κ1) is 17.5. The summed E-state index contributed by atoms with van der Waals surface area (Å²) in [5, 5.41) is 2.62. The zero-order chi connectivity index (χ0) is 16.0. The van der Waals surface area contributed by atoms with E-state index in [9.17, 15) is 13.6 Å². The van der Waals surface area contributed by atoms with Crippen LogP contribution in [0.15, 0.2) is 12.1 Å². The van der Waals surface area contributed by atoms with Gasteiger partial charge in [0.25, 0.3) is 0 Å². The highest BCUT2D eigenvalue weighted by molar-refractivity contribution is 7.80. The third-order valence-corrected chi connectivity index (χ3v) is 2.91. The number of nitrogens with one attached hydrogen (secondary N) is 1. The standard InChI is InChI=1S/C15H19F2NO2S/c1-4-14(19)18-13-5-10(11(16)7-12(13)17)6-15(21)20-8-9(2)3/h5,7,9H,4,6,8H2,1-3H3,(H,18,19). The second-order valence-corrected chi connectivity index (χ2v) is 5.53. The maximum absolute atomic E-state index is 13.7. The van der Waals surface area contributed by atoms with Gasteiger partial charge in [0.1, 0.15) is 11.6 Å². The van der Waals surface area contributed by atoms with Gasteiger partial charge in [-0.3, -0.25) is 4.79 Å². The molecule has 0 aliphatic carbocycles. The predicted octanol–water partition coefficient (Wildman–Crippen LogP) is 3.86. The van der Waals surface area contributed by atoms with Gasteiger partial charge in [0.15, 0.2) is 5.05 Å². The van der Waals surface area contributed by atoms with E-state index >= 15 is 0 Å². The lowest BCUT2D eigenvalue weighted by molar-refractivity contribution is -0.115. The zero-order valence-corrected chi connectivity index (χ0v) is 13.2. The molecule has 0 atom stereocenters. The Morgan fingerprint density at radius 3 is 2.57 bits per heavy atom. The van der Waals surface area contributed by atoms with E-state index < -0.39 is 11.6 Å². The van der Waals surface area contributed by atoms with Crippen molar-refractivity contribution in [2.75, 3.05) is 11.9 Å². The highest BCUT2D eigenvalue weighted by atomic mass is 32.1. The fraction of sp³-hybridized carbons (Fsp3) is 0.467. The van der Waals surface area contributed by atoms with Crippen molar-refractivity contribution >= 4 is 28.9 Å². The summed E-state index contributed by atoms with van der Waals surface area (Å²) in [6.07, 6.45) is 0.269. The van der Waals surface area contributed by atoms with Crippen molar-refractivity contribution in [1.29, 1.82) is 0 Å². The number of amides is 1. The van der Waals surface area contributed by atoms with Crippen LogP contribution in [-0.2, 0) is 16.0 Å². The number of thiocarbonyl (C=S) groups is 1. The first-order chi connectivity index (χ1) is 9.83. The van der Waals surface area contributed by atoms with Crippen LogP contribution in [0.1, 0.15) is 32.8 Å². The van der Waals surface area contributed by atoms with Crippen LogP contribution in [0.2, 0.25) is 0 Å². The molecule has 0 unspecified atom stereocenters. The zero-order valence-electron chi connectivity index (χ0n) is 12.3. The van der Waals surface area contributed by atoms with E-state index in [1.54, 1.807) is 6.92 Å². The number of rotatable bonds is 6. The normalized spacial score (nSPS) is 10.6. The lowest BCUT2D eigenvalue weighted by atomic mass is 10.1. The molecule has 0 aliphatic heterocycles. The Labute approximate surface area is 128 Å². The van der Waals surface area contributed by atoms with Crippen LogP contribution in [0, 0.1) is 17.6 Å². The summed E-state index contributed by atoms with van der Waals surface area (Å²) in [7, 11) is 0. The van der Waals surface area contributed by atoms with Crippen molar-refractivity contribution in [2.24, 2.45) is 5.92 Å². The van der Waals surface area contributed by atoms with Gasteiger partial charge in [0.05, 0.1) is 12.3 Å². The number of hydrogen-bond donors (Lipinski definition) is 1. The maximum atomic E-state index is 13.7. The Morgan fingerprint density at radius 1 is 1.33 bits per heavy atom. The number of benzene rings is 1. The van der Waals surface area contributed by atoms with Gasteiger partial charge in [-0.05, 0) is 29.8 Å². The van der Waals surface area contributed by atoms with Gasteiger partial charge in [0, 0.05) is 18.9 Å². The van der Waals surface area contributed by atoms with Crippen LogP contribution in [0.25, 0.3) is 0 Å². The second-order valence-electron chi connectivity index (χ2n) is 5.08. The Bertz CT molecular complexity index is 533. The van der Waals surface area contributed by atoms with Gasteiger partial charge >= 0.3 is 0 Å². The second kappa shape index (κ2) is 8.02. The van der Waals surface area contributed by atoms with Crippen LogP contribution >= 0.6 is 12.2 Å². The molecule has 1 N–H and O–H groups in total. The minimum Gasteiger partial charge on any atom is -0.486 e. The van der Waals surface area contributed by atoms with Crippen molar-refractivity contribution in [3.05, 3.63) is 29.3 Å². The number of carbonyl (C=O) groups is 1. The average molecular weight is 315 g/mol. The summed E-state index contributed by atoms with van der Waals surface area (Å²) < 4.78 is 32.7. The van der Waals surface area contributed by atoms with Gasteiger partial charge in [-0.25, -0.2) is 8.78 Å². The van der Waals surface area contributed by atoms with Gasteiger partial charge in [-0.1, -0.05) is 20.8 Å². The topological polar surface area (TPSA) is 38.3 Å². The minimum absolute atomic E-state index is 0.0510. The first-order valence-corrected chi connectivity index (χ1v) is 7.17. The molecule has 0 radical (unpaired) electrons. The van der Waals surface area contributed by atoms with E-state index in [1.807, 2.05) is 13.8 Å². The van der Waals surface area contributed by atoms with Crippen LogP contribution < -0.4 is 5.32 Å². The highest BCUT2D eigenvalue weighted by Crippen LogP contribution is 2.21. The summed E-state index contributed by atoms with van der Waals surface area (Å²) in [6.45, 7) is 6.03. The van der Waals surface area contributed by atoms with Crippen molar-refractivity contribution in [3.63, 3.8) is 0 Å². The van der Waals surface area contributed by atoms with Crippen molar-refractivity contribution < 1.29 is 18.3 Å². The first-order valence-electron chi connectivity index (χ1n) is 6.76.